The van der Waals surface area contributed by atoms with Crippen molar-refractivity contribution < 1.29 is 9.47 Å². The molecule has 0 aliphatic heterocycles. The molecule has 0 saturated heterocycles. The summed E-state index contributed by atoms with van der Waals surface area (Å²) in [5.74, 6) is 5.43. The van der Waals surface area contributed by atoms with Gasteiger partial charge in [0.2, 0.25) is 0 Å². The number of benzene rings is 1. The molecule has 1 aromatic carbocycles. The van der Waals surface area contributed by atoms with E-state index in [0.29, 0.717) is 12.6 Å². The topological polar surface area (TPSA) is 30.5 Å². The van der Waals surface area contributed by atoms with Gasteiger partial charge < -0.3 is 14.8 Å². The number of hydrogen-bond acceptors (Lipinski definition) is 4. The van der Waals surface area contributed by atoms with E-state index in [1.54, 1.807) is 18.4 Å². The second-order valence-corrected chi connectivity index (χ2v) is 10.7. The van der Waals surface area contributed by atoms with Gasteiger partial charge >= 0.3 is 0 Å². The van der Waals surface area contributed by atoms with E-state index < -0.39 is 0 Å². The zero-order valence-corrected chi connectivity index (χ0v) is 18.7. The molecule has 1 heterocycles. The van der Waals surface area contributed by atoms with Crippen molar-refractivity contribution in [2.75, 3.05) is 7.11 Å². The summed E-state index contributed by atoms with van der Waals surface area (Å²) in [6.45, 7) is 1.46. The minimum absolute atomic E-state index is 0.567. The Labute approximate surface area is 180 Å². The van der Waals surface area contributed by atoms with Crippen molar-refractivity contribution in [2.45, 2.75) is 51.3 Å². The molecule has 6 rings (SSSR count). The summed E-state index contributed by atoms with van der Waals surface area (Å²) in [5, 5.41) is 5.99. The van der Waals surface area contributed by atoms with E-state index in [9.17, 15) is 0 Å². The van der Waals surface area contributed by atoms with Crippen LogP contribution in [0.5, 0.6) is 11.5 Å². The Bertz CT molecular complexity index is 794. The fourth-order valence-corrected chi connectivity index (χ4v) is 7.27. The highest BCUT2D eigenvalue weighted by molar-refractivity contribution is 9.10. The van der Waals surface area contributed by atoms with Gasteiger partial charge in [0, 0.05) is 17.5 Å². The van der Waals surface area contributed by atoms with Crippen LogP contribution < -0.4 is 14.8 Å². The molecule has 0 unspecified atom stereocenters. The van der Waals surface area contributed by atoms with Crippen molar-refractivity contribution in [3.8, 4) is 11.5 Å². The van der Waals surface area contributed by atoms with E-state index in [4.69, 9.17) is 9.47 Å². The standard InChI is InChI=1S/C23H28BrNO2S/c1-26-21-11-16(10-20(24)23(21)27-13-19-3-2-4-28-19)12-25-22-17-6-14-5-15(8-17)9-18(22)7-14/h2-4,10-11,14-15,17-18,22,25H,5-9,12-13H2,1H3. The first kappa shape index (κ1) is 19.0. The van der Waals surface area contributed by atoms with Crippen molar-refractivity contribution in [2.24, 2.45) is 23.7 Å². The second kappa shape index (κ2) is 8.00. The summed E-state index contributed by atoms with van der Waals surface area (Å²) in [6, 6.07) is 9.14. The molecule has 150 valence electrons. The van der Waals surface area contributed by atoms with Gasteiger partial charge in [0.05, 0.1) is 11.6 Å². The summed E-state index contributed by atoms with van der Waals surface area (Å²) < 4.78 is 12.7. The number of nitrogens with one attached hydrogen (secondary N) is 1. The lowest BCUT2D eigenvalue weighted by Crippen LogP contribution is -2.54. The van der Waals surface area contributed by atoms with E-state index in [1.165, 1.54) is 42.5 Å². The third-order valence-electron chi connectivity index (χ3n) is 7.00. The van der Waals surface area contributed by atoms with Crippen LogP contribution in [0.3, 0.4) is 0 Å². The predicted octanol–water partition coefficient (Wildman–Crippen LogP) is 6.01. The molecule has 4 saturated carbocycles. The largest absolute Gasteiger partial charge is 0.493 e. The van der Waals surface area contributed by atoms with Crippen molar-refractivity contribution in [1.82, 2.24) is 5.32 Å². The number of rotatable bonds is 7. The summed E-state index contributed by atoms with van der Waals surface area (Å²) in [6.07, 6.45) is 7.32. The molecular weight excluding hydrogens is 434 g/mol. The zero-order chi connectivity index (χ0) is 19.1. The van der Waals surface area contributed by atoms with Crippen LogP contribution in [-0.2, 0) is 13.2 Å². The fraction of sp³-hybridized carbons (Fsp3) is 0.565. The molecule has 0 radical (unpaired) electrons. The van der Waals surface area contributed by atoms with E-state index in [-0.39, 0.29) is 0 Å². The quantitative estimate of drug-likeness (QED) is 0.547. The number of thiophene rings is 1. The van der Waals surface area contributed by atoms with E-state index in [2.05, 4.69) is 50.9 Å². The molecule has 1 aromatic heterocycles. The van der Waals surface area contributed by atoms with E-state index >= 15 is 0 Å². The maximum absolute atomic E-state index is 6.05. The van der Waals surface area contributed by atoms with Gasteiger partial charge in [0.15, 0.2) is 11.5 Å². The average molecular weight is 462 g/mol. The first-order valence-electron chi connectivity index (χ1n) is 10.4. The molecule has 4 aliphatic carbocycles. The van der Waals surface area contributed by atoms with Gasteiger partial charge in [-0.2, -0.15) is 0 Å². The predicted molar refractivity (Wildman–Crippen MR) is 117 cm³/mol. The lowest BCUT2D eigenvalue weighted by atomic mass is 9.54. The van der Waals surface area contributed by atoms with Crippen LogP contribution in [-0.4, -0.2) is 13.2 Å². The Morgan fingerprint density at radius 2 is 1.86 bits per heavy atom. The van der Waals surface area contributed by atoms with Gasteiger partial charge in [-0.25, -0.2) is 0 Å². The van der Waals surface area contributed by atoms with Crippen LogP contribution >= 0.6 is 27.3 Å². The second-order valence-electron chi connectivity index (χ2n) is 8.81. The molecule has 1 N–H and O–H groups in total. The van der Waals surface area contributed by atoms with Crippen LogP contribution in [0.15, 0.2) is 34.1 Å². The molecule has 2 aromatic rings. The van der Waals surface area contributed by atoms with Crippen molar-refractivity contribution in [3.63, 3.8) is 0 Å². The van der Waals surface area contributed by atoms with E-state index in [0.717, 1.165) is 46.2 Å². The minimum atomic E-state index is 0.567. The number of halogens is 1. The fourth-order valence-electron chi connectivity index (χ4n) is 6.05. The number of hydrogen-bond donors (Lipinski definition) is 1. The maximum atomic E-state index is 6.05. The SMILES string of the molecule is COc1cc(CNC2C3CC4CC(C3)CC2C4)cc(Br)c1OCc1cccs1. The van der Waals surface area contributed by atoms with Crippen LogP contribution in [0.4, 0.5) is 0 Å². The highest BCUT2D eigenvalue weighted by Gasteiger charge is 2.47. The molecule has 4 fully saturated rings. The number of ether oxygens (including phenoxy) is 2. The Morgan fingerprint density at radius 1 is 1.11 bits per heavy atom. The molecule has 0 amide bonds. The monoisotopic (exact) mass is 461 g/mol. The summed E-state index contributed by atoms with van der Waals surface area (Å²) in [7, 11) is 1.72. The Morgan fingerprint density at radius 3 is 2.50 bits per heavy atom. The van der Waals surface area contributed by atoms with Gasteiger partial charge in [-0.05, 0) is 101 Å². The van der Waals surface area contributed by atoms with Crippen molar-refractivity contribution in [3.05, 3.63) is 44.6 Å². The molecule has 0 spiro atoms. The summed E-state index contributed by atoms with van der Waals surface area (Å²) in [4.78, 5) is 1.21. The molecule has 4 bridgehead atoms. The summed E-state index contributed by atoms with van der Waals surface area (Å²) >= 11 is 5.41. The number of methoxy groups -OCH3 is 1. The van der Waals surface area contributed by atoms with Gasteiger partial charge in [0.25, 0.3) is 0 Å². The van der Waals surface area contributed by atoms with Crippen molar-refractivity contribution in [1.29, 1.82) is 0 Å². The van der Waals surface area contributed by atoms with Crippen LogP contribution in [0, 0.1) is 23.7 Å². The maximum Gasteiger partial charge on any atom is 0.175 e. The highest BCUT2D eigenvalue weighted by Crippen LogP contribution is 2.53. The van der Waals surface area contributed by atoms with E-state index in [1.807, 2.05) is 0 Å². The third kappa shape index (κ3) is 3.73. The average Bonchev–Trinajstić information content (AvgIpc) is 3.19. The van der Waals surface area contributed by atoms with Crippen LogP contribution in [0.1, 0.15) is 42.5 Å². The summed E-state index contributed by atoms with van der Waals surface area (Å²) in [5.41, 5.74) is 1.25. The smallest absolute Gasteiger partial charge is 0.175 e. The van der Waals surface area contributed by atoms with Crippen molar-refractivity contribution >= 4 is 27.3 Å². The third-order valence-corrected chi connectivity index (χ3v) is 8.44. The Balaban J connectivity index is 1.26. The molecule has 3 nitrogen and oxygen atoms in total. The minimum Gasteiger partial charge on any atom is -0.493 e. The molecule has 4 aliphatic rings. The lowest BCUT2D eigenvalue weighted by Gasteiger charge is -2.54. The Kier molecular flexibility index (Phi) is 5.42. The van der Waals surface area contributed by atoms with Crippen LogP contribution in [0.25, 0.3) is 0 Å². The van der Waals surface area contributed by atoms with Gasteiger partial charge in [0.1, 0.15) is 6.61 Å². The Hall–Kier alpha value is -1.04. The van der Waals surface area contributed by atoms with Crippen LogP contribution in [0.2, 0.25) is 0 Å². The normalized spacial score (nSPS) is 30.6. The zero-order valence-electron chi connectivity index (χ0n) is 16.3. The first-order chi connectivity index (χ1) is 13.7. The molecule has 5 heteroatoms. The molecule has 0 atom stereocenters. The molecular formula is C23H28BrNO2S. The lowest BCUT2D eigenvalue weighted by molar-refractivity contribution is -0.0142. The highest BCUT2D eigenvalue weighted by atomic mass is 79.9. The first-order valence-corrected chi connectivity index (χ1v) is 12.1. The van der Waals surface area contributed by atoms with Gasteiger partial charge in [-0.15, -0.1) is 11.3 Å². The van der Waals surface area contributed by atoms with Gasteiger partial charge in [-0.3, -0.25) is 0 Å². The van der Waals surface area contributed by atoms with Gasteiger partial charge in [-0.1, -0.05) is 6.07 Å². The molecule has 28 heavy (non-hydrogen) atoms.